The second-order valence-corrected chi connectivity index (χ2v) is 6.75. The molecule has 0 saturated heterocycles. The van der Waals surface area contributed by atoms with Crippen molar-refractivity contribution in [3.63, 3.8) is 0 Å². The molecule has 1 heterocycles. The summed E-state index contributed by atoms with van der Waals surface area (Å²) in [4.78, 5) is 0. The number of hydrazine groups is 1. The number of benzene rings is 1. The van der Waals surface area contributed by atoms with Crippen LogP contribution in [0.2, 0.25) is 0 Å². The molecule has 3 N–H and O–H groups in total. The molecule has 0 bridgehead atoms. The normalized spacial score (nSPS) is 22.6. The number of nitrogens with two attached hydrogens (primary N) is 1. The summed E-state index contributed by atoms with van der Waals surface area (Å²) in [6, 6.07) is 10.2. The van der Waals surface area contributed by atoms with Crippen molar-refractivity contribution in [3.05, 3.63) is 36.1 Å². The van der Waals surface area contributed by atoms with Crippen LogP contribution in [0.5, 0.6) is 0 Å². The van der Waals surface area contributed by atoms with Crippen molar-refractivity contribution in [3.8, 4) is 0 Å². The van der Waals surface area contributed by atoms with Gasteiger partial charge in [-0.25, -0.2) is 5.43 Å². The van der Waals surface area contributed by atoms with Gasteiger partial charge in [-0.1, -0.05) is 45.9 Å². The van der Waals surface area contributed by atoms with Gasteiger partial charge in [0, 0.05) is 5.39 Å². The van der Waals surface area contributed by atoms with Gasteiger partial charge in [0.25, 0.3) is 0 Å². The highest BCUT2D eigenvalue weighted by atomic mass is 16.3. The number of nitrogens with one attached hydrogen (secondary N) is 1. The van der Waals surface area contributed by atoms with E-state index >= 15 is 0 Å². The quantitative estimate of drug-likeness (QED) is 0.653. The third kappa shape index (κ3) is 1.65. The zero-order valence-electron chi connectivity index (χ0n) is 12.0. The van der Waals surface area contributed by atoms with E-state index in [9.17, 15) is 0 Å². The highest BCUT2D eigenvalue weighted by Gasteiger charge is 2.67. The van der Waals surface area contributed by atoms with E-state index in [1.165, 1.54) is 0 Å². The molecule has 102 valence electrons. The van der Waals surface area contributed by atoms with E-state index in [0.717, 1.165) is 16.7 Å². The van der Waals surface area contributed by atoms with Gasteiger partial charge >= 0.3 is 0 Å². The van der Waals surface area contributed by atoms with Crippen LogP contribution < -0.4 is 11.3 Å². The lowest BCUT2D eigenvalue weighted by atomic mass is 10.0. The molecular formula is C16H22N2O. The Morgan fingerprint density at radius 1 is 1.16 bits per heavy atom. The van der Waals surface area contributed by atoms with Gasteiger partial charge < -0.3 is 4.42 Å². The summed E-state index contributed by atoms with van der Waals surface area (Å²) in [7, 11) is 0. The molecule has 3 heteroatoms. The molecule has 1 aliphatic rings. The van der Waals surface area contributed by atoms with Crippen molar-refractivity contribution in [1.82, 2.24) is 5.43 Å². The molecule has 1 aromatic heterocycles. The predicted molar refractivity (Wildman–Crippen MR) is 77.3 cm³/mol. The monoisotopic (exact) mass is 258 g/mol. The molecule has 0 radical (unpaired) electrons. The number of rotatable bonds is 3. The summed E-state index contributed by atoms with van der Waals surface area (Å²) in [5.41, 5.74) is 4.42. The highest BCUT2D eigenvalue weighted by Crippen LogP contribution is 2.72. The lowest BCUT2D eigenvalue weighted by Gasteiger charge is -2.15. The van der Waals surface area contributed by atoms with Crippen molar-refractivity contribution >= 4 is 11.0 Å². The van der Waals surface area contributed by atoms with Gasteiger partial charge in [-0.2, -0.15) is 0 Å². The van der Waals surface area contributed by atoms with Gasteiger partial charge in [-0.05, 0) is 28.9 Å². The number of furan rings is 1. The van der Waals surface area contributed by atoms with Crippen LogP contribution in [0.3, 0.4) is 0 Å². The van der Waals surface area contributed by atoms with Crippen molar-refractivity contribution in [2.75, 3.05) is 0 Å². The van der Waals surface area contributed by atoms with Crippen LogP contribution in [0.15, 0.2) is 34.7 Å². The molecule has 1 unspecified atom stereocenters. The standard InChI is InChI=1S/C16H22N2O/c1-15(2)14(16(15,3)4)13(18-17)12-9-10-7-5-6-8-11(10)19-12/h5-9,13-14,18H,17H2,1-4H3. The maximum absolute atomic E-state index is 5.97. The van der Waals surface area contributed by atoms with Crippen molar-refractivity contribution in [2.24, 2.45) is 22.6 Å². The number of para-hydroxylation sites is 1. The number of hydrogen-bond donors (Lipinski definition) is 2. The van der Waals surface area contributed by atoms with Crippen molar-refractivity contribution in [1.29, 1.82) is 0 Å². The SMILES string of the molecule is CC1(C)C(C(NN)c2cc3ccccc3o2)C1(C)C. The fraction of sp³-hybridized carbons (Fsp3) is 0.500. The Morgan fingerprint density at radius 3 is 2.32 bits per heavy atom. The molecule has 1 saturated carbocycles. The van der Waals surface area contributed by atoms with E-state index < -0.39 is 0 Å². The van der Waals surface area contributed by atoms with E-state index in [4.69, 9.17) is 10.3 Å². The molecule has 0 spiro atoms. The average molecular weight is 258 g/mol. The highest BCUT2D eigenvalue weighted by molar-refractivity contribution is 5.77. The molecule has 0 aliphatic heterocycles. The fourth-order valence-corrected chi connectivity index (χ4v) is 3.58. The molecule has 2 aromatic rings. The van der Waals surface area contributed by atoms with Crippen LogP contribution in [0, 0.1) is 16.7 Å². The Balaban J connectivity index is 2.00. The van der Waals surface area contributed by atoms with E-state index in [1.54, 1.807) is 0 Å². The molecular weight excluding hydrogens is 236 g/mol. The molecule has 19 heavy (non-hydrogen) atoms. The van der Waals surface area contributed by atoms with Gasteiger partial charge in [0.2, 0.25) is 0 Å². The molecule has 1 aliphatic carbocycles. The zero-order chi connectivity index (χ0) is 13.8. The number of fused-ring (bicyclic) bond motifs is 1. The third-order valence-electron chi connectivity index (χ3n) is 5.40. The zero-order valence-corrected chi connectivity index (χ0v) is 12.0. The first-order chi connectivity index (χ1) is 8.89. The van der Waals surface area contributed by atoms with E-state index in [0.29, 0.717) is 5.92 Å². The second kappa shape index (κ2) is 3.84. The van der Waals surface area contributed by atoms with Gasteiger partial charge in [0.15, 0.2) is 0 Å². The fourth-order valence-electron chi connectivity index (χ4n) is 3.58. The van der Waals surface area contributed by atoms with Crippen LogP contribution in [0.1, 0.15) is 39.5 Å². The maximum Gasteiger partial charge on any atom is 0.134 e. The predicted octanol–water partition coefficient (Wildman–Crippen LogP) is 3.62. The molecule has 3 rings (SSSR count). The Bertz CT molecular complexity index is 565. The van der Waals surface area contributed by atoms with Crippen LogP contribution in [-0.2, 0) is 0 Å². The molecule has 1 aromatic carbocycles. The number of hydrogen-bond acceptors (Lipinski definition) is 3. The summed E-state index contributed by atoms with van der Waals surface area (Å²) in [5.74, 6) is 7.21. The summed E-state index contributed by atoms with van der Waals surface area (Å²) < 4.78 is 5.97. The van der Waals surface area contributed by atoms with E-state index in [2.05, 4.69) is 45.3 Å². The Labute approximate surface area is 114 Å². The Kier molecular flexibility index (Phi) is 2.57. The summed E-state index contributed by atoms with van der Waals surface area (Å²) >= 11 is 0. The van der Waals surface area contributed by atoms with Crippen molar-refractivity contribution < 1.29 is 4.42 Å². The Hall–Kier alpha value is -1.32. The lowest BCUT2D eigenvalue weighted by Crippen LogP contribution is -2.31. The summed E-state index contributed by atoms with van der Waals surface area (Å²) in [5, 5.41) is 1.13. The smallest absolute Gasteiger partial charge is 0.134 e. The van der Waals surface area contributed by atoms with Crippen LogP contribution >= 0.6 is 0 Å². The first-order valence-corrected chi connectivity index (χ1v) is 6.84. The topological polar surface area (TPSA) is 51.2 Å². The van der Waals surface area contributed by atoms with Crippen LogP contribution in [-0.4, -0.2) is 0 Å². The third-order valence-corrected chi connectivity index (χ3v) is 5.40. The maximum atomic E-state index is 5.97. The van der Waals surface area contributed by atoms with Gasteiger partial charge in [0.05, 0.1) is 6.04 Å². The average Bonchev–Trinajstić information content (AvgIpc) is 2.70. The lowest BCUT2D eigenvalue weighted by molar-refractivity contribution is 0.355. The molecule has 3 nitrogen and oxygen atoms in total. The molecule has 1 atom stereocenters. The van der Waals surface area contributed by atoms with E-state index in [1.807, 2.05) is 18.2 Å². The Morgan fingerprint density at radius 2 is 1.79 bits per heavy atom. The van der Waals surface area contributed by atoms with Crippen LogP contribution in [0.25, 0.3) is 11.0 Å². The second-order valence-electron chi connectivity index (χ2n) is 6.75. The van der Waals surface area contributed by atoms with Crippen LogP contribution in [0.4, 0.5) is 0 Å². The summed E-state index contributed by atoms with van der Waals surface area (Å²) in [6.07, 6.45) is 0. The molecule has 0 amide bonds. The van der Waals surface area contributed by atoms with E-state index in [-0.39, 0.29) is 16.9 Å². The minimum atomic E-state index is 0.0670. The van der Waals surface area contributed by atoms with Crippen molar-refractivity contribution in [2.45, 2.75) is 33.7 Å². The first-order valence-electron chi connectivity index (χ1n) is 6.84. The molecule has 1 fully saturated rings. The first kappa shape index (κ1) is 12.7. The van der Waals surface area contributed by atoms with Gasteiger partial charge in [-0.15, -0.1) is 0 Å². The minimum Gasteiger partial charge on any atom is -0.459 e. The van der Waals surface area contributed by atoms with Gasteiger partial charge in [0.1, 0.15) is 11.3 Å². The largest absolute Gasteiger partial charge is 0.459 e. The summed E-state index contributed by atoms with van der Waals surface area (Å²) in [6.45, 7) is 9.19. The minimum absolute atomic E-state index is 0.0670. The van der Waals surface area contributed by atoms with Gasteiger partial charge in [-0.3, -0.25) is 5.84 Å².